The standard InChI is InChI=1S/C21H18ClF2N3O2/c22-17-2-1-3-18(24)16(17)13-26-8-10-27(11-9-26)21(28)19-12-20(29-25-19)14-4-6-15(23)7-5-14/h1-7,12H,8-11,13H2. The molecule has 1 aliphatic heterocycles. The molecule has 1 aromatic heterocycles. The van der Waals surface area contributed by atoms with E-state index in [2.05, 4.69) is 10.1 Å². The van der Waals surface area contributed by atoms with Gasteiger partial charge in [-0.05, 0) is 36.4 Å². The Balaban J connectivity index is 1.37. The average molecular weight is 418 g/mol. The van der Waals surface area contributed by atoms with Crippen molar-refractivity contribution in [2.45, 2.75) is 6.54 Å². The highest BCUT2D eigenvalue weighted by atomic mass is 35.5. The van der Waals surface area contributed by atoms with Crippen LogP contribution in [0.2, 0.25) is 5.02 Å². The van der Waals surface area contributed by atoms with Crippen LogP contribution in [-0.2, 0) is 6.54 Å². The van der Waals surface area contributed by atoms with Crippen molar-refractivity contribution in [3.8, 4) is 11.3 Å². The summed E-state index contributed by atoms with van der Waals surface area (Å²) in [6, 6.07) is 12.0. The Bertz CT molecular complexity index is 995. The van der Waals surface area contributed by atoms with Crippen LogP contribution in [0.25, 0.3) is 11.3 Å². The molecule has 2 heterocycles. The van der Waals surface area contributed by atoms with Crippen LogP contribution in [0.4, 0.5) is 8.78 Å². The molecule has 0 unspecified atom stereocenters. The first-order valence-electron chi connectivity index (χ1n) is 9.18. The smallest absolute Gasteiger partial charge is 0.276 e. The predicted octanol–water partition coefficient (Wildman–Crippen LogP) is 4.23. The molecule has 4 rings (SSSR count). The summed E-state index contributed by atoms with van der Waals surface area (Å²) >= 11 is 6.10. The van der Waals surface area contributed by atoms with Gasteiger partial charge in [-0.25, -0.2) is 8.78 Å². The quantitative estimate of drug-likeness (QED) is 0.637. The van der Waals surface area contributed by atoms with E-state index in [1.807, 2.05) is 0 Å². The largest absolute Gasteiger partial charge is 0.355 e. The molecule has 3 aromatic rings. The molecule has 8 heteroatoms. The van der Waals surface area contributed by atoms with Crippen LogP contribution in [0.1, 0.15) is 16.1 Å². The Morgan fingerprint density at radius 1 is 1.07 bits per heavy atom. The van der Waals surface area contributed by atoms with Crippen LogP contribution >= 0.6 is 11.6 Å². The van der Waals surface area contributed by atoms with Crippen molar-refractivity contribution in [1.29, 1.82) is 0 Å². The number of halogens is 3. The molecule has 2 aromatic carbocycles. The molecule has 0 atom stereocenters. The van der Waals surface area contributed by atoms with Gasteiger partial charge in [-0.3, -0.25) is 9.69 Å². The molecule has 0 radical (unpaired) electrons. The van der Waals surface area contributed by atoms with Crippen LogP contribution in [0.3, 0.4) is 0 Å². The second-order valence-electron chi connectivity index (χ2n) is 6.85. The zero-order valence-corrected chi connectivity index (χ0v) is 16.2. The molecule has 29 heavy (non-hydrogen) atoms. The summed E-state index contributed by atoms with van der Waals surface area (Å²) in [5.41, 5.74) is 1.31. The second kappa shape index (κ2) is 8.31. The van der Waals surface area contributed by atoms with E-state index in [0.29, 0.717) is 54.6 Å². The van der Waals surface area contributed by atoms with Crippen LogP contribution in [0.5, 0.6) is 0 Å². The lowest BCUT2D eigenvalue weighted by Crippen LogP contribution is -2.48. The monoisotopic (exact) mass is 417 g/mol. The van der Waals surface area contributed by atoms with Crippen LogP contribution in [0.15, 0.2) is 53.1 Å². The lowest BCUT2D eigenvalue weighted by Gasteiger charge is -2.34. The molecule has 0 aliphatic carbocycles. The Kier molecular flexibility index (Phi) is 5.60. The van der Waals surface area contributed by atoms with Crippen LogP contribution in [0, 0.1) is 11.6 Å². The first kappa shape index (κ1) is 19.5. The third-order valence-electron chi connectivity index (χ3n) is 4.96. The minimum Gasteiger partial charge on any atom is -0.355 e. The Hall–Kier alpha value is -2.77. The van der Waals surface area contributed by atoms with Crippen molar-refractivity contribution < 1.29 is 18.1 Å². The molecule has 5 nitrogen and oxygen atoms in total. The number of carbonyl (C=O) groups excluding carboxylic acids is 1. The molecular weight excluding hydrogens is 400 g/mol. The van der Waals surface area contributed by atoms with E-state index < -0.39 is 0 Å². The van der Waals surface area contributed by atoms with Crippen molar-refractivity contribution in [2.24, 2.45) is 0 Å². The highest BCUT2D eigenvalue weighted by Gasteiger charge is 2.25. The molecule has 0 bridgehead atoms. The van der Waals surface area contributed by atoms with E-state index in [4.69, 9.17) is 16.1 Å². The molecule has 1 fully saturated rings. The van der Waals surface area contributed by atoms with Gasteiger partial charge in [0.1, 0.15) is 11.6 Å². The minimum atomic E-state index is -0.348. The van der Waals surface area contributed by atoms with Gasteiger partial charge in [-0.15, -0.1) is 0 Å². The summed E-state index contributed by atoms with van der Waals surface area (Å²) in [4.78, 5) is 16.5. The number of hydrogen-bond acceptors (Lipinski definition) is 4. The second-order valence-corrected chi connectivity index (χ2v) is 7.26. The SMILES string of the molecule is O=C(c1cc(-c2ccc(F)cc2)on1)N1CCN(Cc2c(F)cccc2Cl)CC1. The fourth-order valence-electron chi connectivity index (χ4n) is 3.30. The van der Waals surface area contributed by atoms with E-state index in [1.165, 1.54) is 18.2 Å². The molecular formula is C21H18ClF2N3O2. The fraction of sp³-hybridized carbons (Fsp3) is 0.238. The van der Waals surface area contributed by atoms with Gasteiger partial charge < -0.3 is 9.42 Å². The van der Waals surface area contributed by atoms with Crippen molar-refractivity contribution in [3.63, 3.8) is 0 Å². The van der Waals surface area contributed by atoms with Crippen molar-refractivity contribution >= 4 is 17.5 Å². The maximum atomic E-state index is 14.0. The third kappa shape index (κ3) is 4.31. The summed E-state index contributed by atoms with van der Waals surface area (Å²) in [5.74, 6) is -0.502. The number of rotatable bonds is 4. The third-order valence-corrected chi connectivity index (χ3v) is 5.32. The van der Waals surface area contributed by atoms with Gasteiger partial charge >= 0.3 is 0 Å². The number of piperazine rings is 1. The molecule has 150 valence electrons. The predicted molar refractivity (Wildman–Crippen MR) is 104 cm³/mol. The highest BCUT2D eigenvalue weighted by molar-refractivity contribution is 6.31. The van der Waals surface area contributed by atoms with E-state index >= 15 is 0 Å². The number of carbonyl (C=O) groups is 1. The number of amides is 1. The van der Waals surface area contributed by atoms with Crippen LogP contribution in [-0.4, -0.2) is 47.0 Å². The zero-order valence-electron chi connectivity index (χ0n) is 15.4. The Labute approximate surface area is 171 Å². The summed E-state index contributed by atoms with van der Waals surface area (Å²) in [6.45, 7) is 2.57. The van der Waals surface area contributed by atoms with Gasteiger partial charge in [-0.2, -0.15) is 0 Å². The van der Waals surface area contributed by atoms with Gasteiger partial charge in [-0.1, -0.05) is 22.8 Å². The molecule has 1 saturated heterocycles. The van der Waals surface area contributed by atoms with E-state index in [1.54, 1.807) is 35.2 Å². The molecule has 0 saturated carbocycles. The zero-order chi connectivity index (χ0) is 20.4. The Morgan fingerprint density at radius 2 is 1.79 bits per heavy atom. The normalized spacial score (nSPS) is 14.9. The summed E-state index contributed by atoms with van der Waals surface area (Å²) in [5, 5.41) is 4.26. The molecule has 1 amide bonds. The van der Waals surface area contributed by atoms with E-state index in [9.17, 15) is 13.6 Å². The minimum absolute atomic E-state index is 0.204. The number of aromatic nitrogens is 1. The van der Waals surface area contributed by atoms with Gasteiger partial charge in [0.05, 0.1) is 0 Å². The first-order chi connectivity index (χ1) is 14.0. The summed E-state index contributed by atoms with van der Waals surface area (Å²) in [7, 11) is 0. The molecule has 1 aliphatic rings. The van der Waals surface area contributed by atoms with Crippen molar-refractivity contribution in [3.05, 3.63) is 76.4 Å². The van der Waals surface area contributed by atoms with E-state index in [-0.39, 0.29) is 23.2 Å². The highest BCUT2D eigenvalue weighted by Crippen LogP contribution is 2.23. The average Bonchev–Trinajstić information content (AvgIpc) is 3.21. The summed E-state index contributed by atoms with van der Waals surface area (Å²) < 4.78 is 32.3. The first-order valence-corrected chi connectivity index (χ1v) is 9.56. The fourth-order valence-corrected chi connectivity index (χ4v) is 3.53. The topological polar surface area (TPSA) is 49.6 Å². The van der Waals surface area contributed by atoms with Crippen molar-refractivity contribution in [1.82, 2.24) is 15.0 Å². The maximum Gasteiger partial charge on any atom is 0.276 e. The van der Waals surface area contributed by atoms with E-state index in [0.717, 1.165) is 0 Å². The number of benzene rings is 2. The van der Waals surface area contributed by atoms with Gasteiger partial charge in [0.2, 0.25) is 0 Å². The number of hydrogen-bond donors (Lipinski definition) is 0. The Morgan fingerprint density at radius 3 is 2.48 bits per heavy atom. The molecule has 0 spiro atoms. The van der Waals surface area contributed by atoms with Gasteiger partial charge in [0.15, 0.2) is 11.5 Å². The van der Waals surface area contributed by atoms with Gasteiger partial charge in [0, 0.05) is 54.9 Å². The van der Waals surface area contributed by atoms with Crippen molar-refractivity contribution in [2.75, 3.05) is 26.2 Å². The molecule has 0 N–H and O–H groups in total. The lowest BCUT2D eigenvalue weighted by molar-refractivity contribution is 0.0617. The number of nitrogens with zero attached hydrogens (tertiary/aromatic N) is 3. The lowest BCUT2D eigenvalue weighted by atomic mass is 10.1. The maximum absolute atomic E-state index is 14.0. The van der Waals surface area contributed by atoms with Crippen LogP contribution < -0.4 is 0 Å². The summed E-state index contributed by atoms with van der Waals surface area (Å²) in [6.07, 6.45) is 0. The van der Waals surface area contributed by atoms with Gasteiger partial charge in [0.25, 0.3) is 5.91 Å².